The first kappa shape index (κ1) is 21.3. The normalized spacial score (nSPS) is 10.8. The summed E-state index contributed by atoms with van der Waals surface area (Å²) in [5.74, 6) is 0.0139. The molecule has 7 nitrogen and oxygen atoms in total. The summed E-state index contributed by atoms with van der Waals surface area (Å²) >= 11 is 0. The fraction of sp³-hybridized carbons (Fsp3) is 0.0833. The molecule has 3 aromatic rings. The Hall–Kier alpha value is -4.44. The lowest BCUT2D eigenvalue weighted by molar-refractivity contribution is -0.384. The van der Waals surface area contributed by atoms with Crippen LogP contribution in [0.4, 0.5) is 11.4 Å². The molecule has 0 aliphatic rings. The summed E-state index contributed by atoms with van der Waals surface area (Å²) < 4.78 is 5.76. The Labute approximate surface area is 179 Å². The van der Waals surface area contributed by atoms with Crippen molar-refractivity contribution < 1.29 is 14.5 Å². The first-order chi connectivity index (χ1) is 14.9. The van der Waals surface area contributed by atoms with Crippen molar-refractivity contribution in [2.75, 3.05) is 5.32 Å². The Bertz CT molecular complexity index is 1160. The van der Waals surface area contributed by atoms with Gasteiger partial charge >= 0.3 is 0 Å². The molecule has 0 spiro atoms. The van der Waals surface area contributed by atoms with E-state index in [1.54, 1.807) is 24.3 Å². The van der Waals surface area contributed by atoms with E-state index in [2.05, 4.69) is 5.32 Å². The number of hydrogen-bond acceptors (Lipinski definition) is 5. The molecule has 0 fully saturated rings. The maximum absolute atomic E-state index is 12.4. The molecule has 0 saturated heterocycles. The molecule has 3 aromatic carbocycles. The van der Waals surface area contributed by atoms with E-state index in [9.17, 15) is 20.2 Å². The SMILES string of the molecule is Cc1ccc(COc2ccc(/C=C(\C#N)C(=O)Nc3cccc([N+](=O)[O-])c3)cc2)cc1. The fourth-order valence-electron chi connectivity index (χ4n) is 2.72. The van der Waals surface area contributed by atoms with Crippen molar-refractivity contribution in [1.82, 2.24) is 0 Å². The molecule has 0 unspecified atom stereocenters. The van der Waals surface area contributed by atoms with Crippen LogP contribution in [0.15, 0.2) is 78.4 Å². The van der Waals surface area contributed by atoms with Gasteiger partial charge in [-0.2, -0.15) is 5.26 Å². The van der Waals surface area contributed by atoms with E-state index in [1.165, 1.54) is 35.9 Å². The van der Waals surface area contributed by atoms with Crippen LogP contribution in [0.25, 0.3) is 6.08 Å². The number of amides is 1. The number of nitro benzene ring substituents is 1. The molecule has 0 saturated carbocycles. The molecule has 0 heterocycles. The van der Waals surface area contributed by atoms with Gasteiger partial charge in [0.2, 0.25) is 0 Å². The van der Waals surface area contributed by atoms with E-state index in [0.29, 0.717) is 17.9 Å². The second-order valence-electron chi connectivity index (χ2n) is 6.77. The number of nitrogens with zero attached hydrogens (tertiary/aromatic N) is 2. The van der Waals surface area contributed by atoms with E-state index >= 15 is 0 Å². The standard InChI is InChI=1S/C24H19N3O4/c1-17-5-7-19(8-6-17)16-31-23-11-9-18(10-12-23)13-20(15-25)24(28)26-21-3-2-4-22(14-21)27(29)30/h2-14H,16H2,1H3,(H,26,28)/b20-13+. The molecule has 1 N–H and O–H groups in total. The van der Waals surface area contributed by atoms with Crippen molar-refractivity contribution in [2.45, 2.75) is 13.5 Å². The summed E-state index contributed by atoms with van der Waals surface area (Å²) in [5, 5.41) is 22.7. The first-order valence-corrected chi connectivity index (χ1v) is 9.40. The quantitative estimate of drug-likeness (QED) is 0.253. The van der Waals surface area contributed by atoms with E-state index in [4.69, 9.17) is 4.74 Å². The van der Waals surface area contributed by atoms with Gasteiger partial charge in [0.25, 0.3) is 11.6 Å². The lowest BCUT2D eigenvalue weighted by Crippen LogP contribution is -2.13. The summed E-state index contributed by atoms with van der Waals surface area (Å²) in [4.78, 5) is 22.7. The molecule has 0 radical (unpaired) electrons. The number of non-ortho nitro benzene ring substituents is 1. The van der Waals surface area contributed by atoms with Crippen LogP contribution in [0.1, 0.15) is 16.7 Å². The van der Waals surface area contributed by atoms with Crippen LogP contribution in [0.2, 0.25) is 0 Å². The first-order valence-electron chi connectivity index (χ1n) is 9.40. The maximum atomic E-state index is 12.4. The molecule has 1 amide bonds. The lowest BCUT2D eigenvalue weighted by atomic mass is 10.1. The maximum Gasteiger partial charge on any atom is 0.271 e. The second-order valence-corrected chi connectivity index (χ2v) is 6.77. The minimum atomic E-state index is -0.650. The number of anilines is 1. The van der Waals surface area contributed by atoms with Gasteiger partial charge in [0, 0.05) is 17.8 Å². The number of carbonyl (C=O) groups is 1. The molecule has 0 aromatic heterocycles. The highest BCUT2D eigenvalue weighted by Crippen LogP contribution is 2.19. The van der Waals surface area contributed by atoms with Gasteiger partial charge in [0.05, 0.1) is 4.92 Å². The van der Waals surface area contributed by atoms with Gasteiger partial charge in [0.1, 0.15) is 24.0 Å². The Kier molecular flexibility index (Phi) is 6.76. The second kappa shape index (κ2) is 9.85. The molecule has 0 atom stereocenters. The van der Waals surface area contributed by atoms with Crippen molar-refractivity contribution in [1.29, 1.82) is 5.26 Å². The number of aryl methyl sites for hydroxylation is 1. The Morgan fingerprint density at radius 3 is 2.48 bits per heavy atom. The predicted octanol–water partition coefficient (Wildman–Crippen LogP) is 5.03. The summed E-state index contributed by atoms with van der Waals surface area (Å²) in [6, 6.07) is 22.4. The number of ether oxygens (including phenoxy) is 1. The number of benzene rings is 3. The highest BCUT2D eigenvalue weighted by Gasteiger charge is 2.12. The van der Waals surface area contributed by atoms with Gasteiger partial charge in [0.15, 0.2) is 0 Å². The van der Waals surface area contributed by atoms with Crippen molar-refractivity contribution in [3.8, 4) is 11.8 Å². The smallest absolute Gasteiger partial charge is 0.271 e. The van der Waals surface area contributed by atoms with Crippen LogP contribution < -0.4 is 10.1 Å². The molecular formula is C24H19N3O4. The minimum absolute atomic E-state index is 0.125. The summed E-state index contributed by atoms with van der Waals surface area (Å²) in [5.41, 5.74) is 2.84. The van der Waals surface area contributed by atoms with Crippen molar-refractivity contribution in [3.05, 3.63) is 105 Å². The van der Waals surface area contributed by atoms with Crippen LogP contribution in [-0.2, 0) is 11.4 Å². The molecule has 7 heteroatoms. The number of nitrogens with one attached hydrogen (secondary N) is 1. The van der Waals surface area contributed by atoms with Crippen molar-refractivity contribution >= 4 is 23.4 Å². The van der Waals surface area contributed by atoms with E-state index in [0.717, 1.165) is 5.56 Å². The number of nitriles is 1. The largest absolute Gasteiger partial charge is 0.489 e. The van der Waals surface area contributed by atoms with Gasteiger partial charge in [-0.1, -0.05) is 48.0 Å². The molecule has 31 heavy (non-hydrogen) atoms. The van der Waals surface area contributed by atoms with Crippen LogP contribution in [-0.4, -0.2) is 10.8 Å². The average molecular weight is 413 g/mol. The molecular weight excluding hydrogens is 394 g/mol. The van der Waals surface area contributed by atoms with Gasteiger partial charge in [-0.25, -0.2) is 0 Å². The highest BCUT2D eigenvalue weighted by molar-refractivity contribution is 6.09. The van der Waals surface area contributed by atoms with Crippen LogP contribution in [0.3, 0.4) is 0 Å². The number of nitro groups is 1. The molecule has 154 valence electrons. The minimum Gasteiger partial charge on any atom is -0.489 e. The summed E-state index contributed by atoms with van der Waals surface area (Å²) in [6.07, 6.45) is 1.44. The predicted molar refractivity (Wildman–Crippen MR) is 117 cm³/mol. The average Bonchev–Trinajstić information content (AvgIpc) is 2.78. The molecule has 0 aliphatic heterocycles. The van der Waals surface area contributed by atoms with E-state index in [-0.39, 0.29) is 16.9 Å². The Morgan fingerprint density at radius 1 is 1.13 bits per heavy atom. The van der Waals surface area contributed by atoms with Gasteiger partial charge < -0.3 is 10.1 Å². The van der Waals surface area contributed by atoms with Crippen molar-refractivity contribution in [2.24, 2.45) is 0 Å². The Balaban J connectivity index is 1.65. The zero-order valence-corrected chi connectivity index (χ0v) is 16.7. The fourth-order valence-corrected chi connectivity index (χ4v) is 2.72. The summed E-state index contributed by atoms with van der Waals surface area (Å²) in [6.45, 7) is 2.46. The third-order valence-corrected chi connectivity index (χ3v) is 4.40. The van der Waals surface area contributed by atoms with Crippen molar-refractivity contribution in [3.63, 3.8) is 0 Å². The van der Waals surface area contributed by atoms with Gasteiger partial charge in [-0.3, -0.25) is 14.9 Å². The van der Waals surface area contributed by atoms with Gasteiger partial charge in [-0.05, 0) is 42.3 Å². The Morgan fingerprint density at radius 2 is 1.84 bits per heavy atom. The van der Waals surface area contributed by atoms with Crippen LogP contribution >= 0.6 is 0 Å². The lowest BCUT2D eigenvalue weighted by Gasteiger charge is -2.07. The third kappa shape index (κ3) is 6.02. The van der Waals surface area contributed by atoms with Gasteiger partial charge in [-0.15, -0.1) is 0 Å². The molecule has 0 aliphatic carbocycles. The summed E-state index contributed by atoms with van der Waals surface area (Å²) in [7, 11) is 0. The highest BCUT2D eigenvalue weighted by atomic mass is 16.6. The number of carbonyl (C=O) groups excluding carboxylic acids is 1. The topological polar surface area (TPSA) is 105 Å². The zero-order chi connectivity index (χ0) is 22.2. The molecule has 0 bridgehead atoms. The molecule has 3 rings (SSSR count). The number of rotatable bonds is 7. The van der Waals surface area contributed by atoms with Crippen LogP contribution in [0, 0.1) is 28.4 Å². The zero-order valence-electron chi connectivity index (χ0n) is 16.7. The van der Waals surface area contributed by atoms with E-state index in [1.807, 2.05) is 37.3 Å². The van der Waals surface area contributed by atoms with Crippen LogP contribution in [0.5, 0.6) is 5.75 Å². The monoisotopic (exact) mass is 413 g/mol. The van der Waals surface area contributed by atoms with E-state index < -0.39 is 10.8 Å². The third-order valence-electron chi connectivity index (χ3n) is 4.40. The number of hydrogen-bond donors (Lipinski definition) is 1.